The molecule has 0 radical (unpaired) electrons. The number of nitrogens with two attached hydrogens (primary N) is 1. The molecule has 3 nitrogen and oxygen atoms in total. The second-order valence-corrected chi connectivity index (χ2v) is 5.09. The first-order valence-electron chi connectivity index (χ1n) is 6.61. The number of nitrogens with zero attached hydrogens (tertiary/aromatic N) is 1. The fraction of sp³-hybridized carbons (Fsp3) is 0.769. The van der Waals surface area contributed by atoms with E-state index in [1.54, 1.807) is 0 Å². The van der Waals surface area contributed by atoms with Gasteiger partial charge in [0, 0.05) is 17.7 Å². The Labute approximate surface area is 98.0 Å². The van der Waals surface area contributed by atoms with Crippen molar-refractivity contribution in [2.75, 3.05) is 6.54 Å². The van der Waals surface area contributed by atoms with E-state index in [2.05, 4.69) is 29.4 Å². The van der Waals surface area contributed by atoms with Gasteiger partial charge in [-0.3, -0.25) is 5.10 Å². The molecule has 90 valence electrons. The van der Waals surface area contributed by atoms with Crippen LogP contribution in [0.3, 0.4) is 0 Å². The zero-order chi connectivity index (χ0) is 11.4. The molecule has 0 saturated heterocycles. The monoisotopic (exact) mass is 222 g/mol. The molecule has 0 amide bonds. The maximum Gasteiger partial charge on any atom is 0.0859 e. The summed E-state index contributed by atoms with van der Waals surface area (Å²) in [5, 5.41) is 9.85. The lowest BCUT2D eigenvalue weighted by Crippen LogP contribution is -2.90. The molecule has 16 heavy (non-hydrogen) atoms. The normalized spacial score (nSPS) is 17.9. The quantitative estimate of drug-likeness (QED) is 0.796. The summed E-state index contributed by atoms with van der Waals surface area (Å²) in [5.41, 5.74) is 3.84. The Kier molecular flexibility index (Phi) is 3.99. The van der Waals surface area contributed by atoms with Gasteiger partial charge in [-0.1, -0.05) is 6.42 Å². The summed E-state index contributed by atoms with van der Waals surface area (Å²) in [6.45, 7) is 5.43. The molecule has 2 rings (SSSR count). The summed E-state index contributed by atoms with van der Waals surface area (Å²) in [4.78, 5) is 0. The standard InChI is InChI=1S/C13H23N3/c1-10-13(11(2)16-15-10)8-9-14-12-6-4-3-5-7-12/h12,14H,3-9H2,1-2H3,(H,15,16)/p+1. The van der Waals surface area contributed by atoms with Crippen LogP contribution in [0.25, 0.3) is 0 Å². The molecule has 1 heterocycles. The molecular weight excluding hydrogens is 198 g/mol. The average molecular weight is 222 g/mol. The van der Waals surface area contributed by atoms with Crippen molar-refractivity contribution in [1.29, 1.82) is 0 Å². The van der Waals surface area contributed by atoms with Crippen molar-refractivity contribution in [2.45, 2.75) is 58.4 Å². The Hall–Kier alpha value is -0.830. The van der Waals surface area contributed by atoms with Crippen molar-refractivity contribution in [3.8, 4) is 0 Å². The topological polar surface area (TPSA) is 45.3 Å². The Morgan fingerprint density at radius 1 is 1.25 bits per heavy atom. The molecule has 1 aliphatic carbocycles. The molecule has 0 aromatic carbocycles. The van der Waals surface area contributed by atoms with Crippen LogP contribution in [0.15, 0.2) is 0 Å². The smallest absolute Gasteiger partial charge is 0.0859 e. The van der Waals surface area contributed by atoms with E-state index < -0.39 is 0 Å². The van der Waals surface area contributed by atoms with Crippen LogP contribution < -0.4 is 5.32 Å². The van der Waals surface area contributed by atoms with Gasteiger partial charge in [0.05, 0.1) is 18.3 Å². The van der Waals surface area contributed by atoms with Gasteiger partial charge in [0.2, 0.25) is 0 Å². The van der Waals surface area contributed by atoms with Crippen LogP contribution >= 0.6 is 0 Å². The van der Waals surface area contributed by atoms with Gasteiger partial charge in [-0.25, -0.2) is 0 Å². The summed E-state index contributed by atoms with van der Waals surface area (Å²) in [5.74, 6) is 0. The molecule has 0 spiro atoms. The highest BCUT2D eigenvalue weighted by molar-refractivity contribution is 5.22. The van der Waals surface area contributed by atoms with Crippen LogP contribution in [-0.4, -0.2) is 22.8 Å². The third kappa shape index (κ3) is 2.85. The second-order valence-electron chi connectivity index (χ2n) is 5.09. The highest BCUT2D eigenvalue weighted by atomic mass is 15.1. The van der Waals surface area contributed by atoms with Gasteiger partial charge in [-0.15, -0.1) is 0 Å². The molecule has 3 N–H and O–H groups in total. The minimum Gasteiger partial charge on any atom is -0.344 e. The van der Waals surface area contributed by atoms with Gasteiger partial charge in [-0.2, -0.15) is 5.10 Å². The summed E-state index contributed by atoms with van der Waals surface area (Å²) in [6.07, 6.45) is 8.32. The lowest BCUT2D eigenvalue weighted by molar-refractivity contribution is -0.691. The number of H-pyrrole nitrogens is 1. The van der Waals surface area contributed by atoms with E-state index >= 15 is 0 Å². The second kappa shape index (κ2) is 5.48. The summed E-state index contributed by atoms with van der Waals surface area (Å²) < 4.78 is 0. The van der Waals surface area contributed by atoms with Crippen LogP contribution in [0.1, 0.15) is 49.1 Å². The molecule has 0 atom stereocenters. The third-order valence-electron chi connectivity index (χ3n) is 3.82. The van der Waals surface area contributed by atoms with Crippen molar-refractivity contribution in [1.82, 2.24) is 10.2 Å². The molecule has 0 bridgehead atoms. The van der Waals surface area contributed by atoms with Crippen molar-refractivity contribution in [3.05, 3.63) is 17.0 Å². The predicted molar refractivity (Wildman–Crippen MR) is 65.4 cm³/mol. The van der Waals surface area contributed by atoms with Crippen LogP contribution in [0.5, 0.6) is 0 Å². The van der Waals surface area contributed by atoms with Gasteiger partial charge < -0.3 is 5.32 Å². The Bertz CT molecular complexity index is 304. The van der Waals surface area contributed by atoms with Crippen LogP contribution in [0, 0.1) is 13.8 Å². The number of aromatic nitrogens is 2. The van der Waals surface area contributed by atoms with Crippen molar-refractivity contribution < 1.29 is 5.32 Å². The lowest BCUT2D eigenvalue weighted by Gasteiger charge is -2.19. The Balaban J connectivity index is 1.75. The van der Waals surface area contributed by atoms with E-state index in [-0.39, 0.29) is 0 Å². The van der Waals surface area contributed by atoms with Gasteiger partial charge in [0.25, 0.3) is 0 Å². The van der Waals surface area contributed by atoms with Crippen LogP contribution in [0.4, 0.5) is 0 Å². The average Bonchev–Trinajstić information content (AvgIpc) is 2.62. The summed E-state index contributed by atoms with van der Waals surface area (Å²) >= 11 is 0. The van der Waals surface area contributed by atoms with Gasteiger partial charge in [-0.05, 0) is 39.5 Å². The fourth-order valence-electron chi connectivity index (χ4n) is 2.78. The highest BCUT2D eigenvalue weighted by Gasteiger charge is 2.16. The van der Waals surface area contributed by atoms with E-state index in [4.69, 9.17) is 0 Å². The maximum absolute atomic E-state index is 4.24. The highest BCUT2D eigenvalue weighted by Crippen LogP contribution is 2.14. The van der Waals surface area contributed by atoms with Crippen LogP contribution in [0.2, 0.25) is 0 Å². The van der Waals surface area contributed by atoms with Crippen LogP contribution in [-0.2, 0) is 6.42 Å². The number of rotatable bonds is 4. The van der Waals surface area contributed by atoms with Gasteiger partial charge in [0.15, 0.2) is 0 Å². The molecular formula is C13H24N3+. The Morgan fingerprint density at radius 2 is 2.00 bits per heavy atom. The SMILES string of the molecule is Cc1n[nH]c(C)c1CC[NH2+]C1CCCCC1. The number of aryl methyl sites for hydroxylation is 2. The van der Waals surface area contributed by atoms with Gasteiger partial charge in [0.1, 0.15) is 0 Å². The van der Waals surface area contributed by atoms with Crippen molar-refractivity contribution in [3.63, 3.8) is 0 Å². The first-order chi connectivity index (χ1) is 7.77. The zero-order valence-electron chi connectivity index (χ0n) is 10.6. The molecule has 1 aromatic rings. The lowest BCUT2D eigenvalue weighted by atomic mass is 9.95. The largest absolute Gasteiger partial charge is 0.344 e. The van der Waals surface area contributed by atoms with Crippen molar-refractivity contribution >= 4 is 0 Å². The van der Waals surface area contributed by atoms with Gasteiger partial charge >= 0.3 is 0 Å². The molecule has 1 aliphatic rings. The number of hydrogen-bond donors (Lipinski definition) is 2. The van der Waals surface area contributed by atoms with E-state index in [9.17, 15) is 0 Å². The predicted octanol–water partition coefficient (Wildman–Crippen LogP) is 1.47. The zero-order valence-corrected chi connectivity index (χ0v) is 10.6. The Morgan fingerprint density at radius 3 is 2.62 bits per heavy atom. The number of nitrogens with one attached hydrogen (secondary N) is 1. The van der Waals surface area contributed by atoms with E-state index in [1.165, 1.54) is 55.6 Å². The first kappa shape index (κ1) is 11.6. The maximum atomic E-state index is 4.24. The molecule has 0 aliphatic heterocycles. The molecule has 1 saturated carbocycles. The van der Waals surface area contributed by atoms with E-state index in [0.717, 1.165) is 12.5 Å². The third-order valence-corrected chi connectivity index (χ3v) is 3.82. The van der Waals surface area contributed by atoms with E-state index in [1.807, 2.05) is 0 Å². The molecule has 3 heteroatoms. The number of quaternary nitrogens is 1. The first-order valence-corrected chi connectivity index (χ1v) is 6.61. The van der Waals surface area contributed by atoms with Crippen molar-refractivity contribution in [2.24, 2.45) is 0 Å². The summed E-state index contributed by atoms with van der Waals surface area (Å²) in [7, 11) is 0. The number of hydrogen-bond acceptors (Lipinski definition) is 1. The van der Waals surface area contributed by atoms with E-state index in [0.29, 0.717) is 0 Å². The number of aromatic amines is 1. The minimum atomic E-state index is 0.890. The molecule has 1 aromatic heterocycles. The fourth-order valence-corrected chi connectivity index (χ4v) is 2.78. The minimum absolute atomic E-state index is 0.890. The molecule has 1 fully saturated rings. The molecule has 0 unspecified atom stereocenters. The summed E-state index contributed by atoms with van der Waals surface area (Å²) in [6, 6.07) is 0.890.